The van der Waals surface area contributed by atoms with Crippen molar-refractivity contribution in [2.45, 2.75) is 0 Å². The zero-order valence-corrected chi connectivity index (χ0v) is 43.8. The van der Waals surface area contributed by atoms with Gasteiger partial charge in [0.25, 0.3) is 17.6 Å². The molecule has 0 aliphatic rings. The van der Waals surface area contributed by atoms with Gasteiger partial charge in [0.15, 0.2) is 28.8 Å². The van der Waals surface area contributed by atoms with Crippen LogP contribution in [0.15, 0.2) is 0 Å². The minimum Gasteiger partial charge on any atom is -0.748 e. The number of hydrogen-bond donors (Lipinski definition) is 4. The number of nitriles is 1. The van der Waals surface area contributed by atoms with Gasteiger partial charge in [-0.1, -0.05) is 11.6 Å². The van der Waals surface area contributed by atoms with Crippen molar-refractivity contribution >= 4 is 85.2 Å². The Kier molecular flexibility index (Phi) is 37.7. The van der Waals surface area contributed by atoms with Crippen LogP contribution in [0.1, 0.15) is 26.7 Å². The van der Waals surface area contributed by atoms with Crippen LogP contribution in [0.5, 0.6) is 0 Å². The summed E-state index contributed by atoms with van der Waals surface area (Å²) in [6.45, 7) is 6.76. The monoisotopic (exact) mass is 932 g/mol. The fourth-order valence-electron chi connectivity index (χ4n) is 3.45. The normalized spacial score (nSPS) is 10.2. The molecule has 4 N–H and O–H groups in total. The van der Waals surface area contributed by atoms with E-state index in [1.54, 1.807) is 34.3 Å². The van der Waals surface area contributed by atoms with Crippen LogP contribution < -0.4 is 160 Å². The molecule has 0 saturated carbocycles. The van der Waals surface area contributed by atoms with E-state index in [4.69, 9.17) is 11.8 Å². The summed E-state index contributed by atoms with van der Waals surface area (Å²) in [5, 5.41) is 44.8. The number of anilines is 4. The molecule has 0 radical (unpaired) electrons. The SMILES string of the molecule is CN(C)c1nc(C(=O)NCCS(=O)(=O)[O-])c(N(C)C)nc1C(=O)NCCSOO[O-].[C-]#[N+]c1nc(NCCS(=O)(=O)[O-])c(C#N)nc1NCCSOO[O-].[Na+].[Na+].[Na+].[Na+]. The molecule has 0 unspecified atom stereocenters. The van der Waals surface area contributed by atoms with Crippen LogP contribution >= 0.6 is 24.1 Å². The Balaban J connectivity index is -0.000000480. The number of aromatic nitrogens is 4. The number of nitrogens with zero attached hydrogens (tertiary/aromatic N) is 8. The van der Waals surface area contributed by atoms with E-state index in [0.29, 0.717) is 12.0 Å². The molecule has 34 heteroatoms. The number of nitrogens with one attached hydrogen (secondary N) is 4. The maximum absolute atomic E-state index is 12.5. The Bertz CT molecular complexity index is 1880. The van der Waals surface area contributed by atoms with E-state index < -0.39 is 50.1 Å². The molecule has 2 aromatic rings. The molecule has 0 aliphatic heterocycles. The third-order valence-electron chi connectivity index (χ3n) is 5.61. The van der Waals surface area contributed by atoms with Crippen molar-refractivity contribution in [2.75, 3.05) is 97.8 Å². The van der Waals surface area contributed by atoms with Gasteiger partial charge in [0.05, 0.1) is 31.7 Å². The van der Waals surface area contributed by atoms with Crippen molar-refractivity contribution in [2.24, 2.45) is 0 Å². The zero-order chi connectivity index (χ0) is 40.9. The van der Waals surface area contributed by atoms with Gasteiger partial charge in [0.1, 0.15) is 6.07 Å². The van der Waals surface area contributed by atoms with E-state index in [1.807, 2.05) is 0 Å². The fourth-order valence-corrected chi connectivity index (χ4v) is 4.74. The third-order valence-corrected chi connectivity index (χ3v) is 8.06. The number of amides is 2. The molecule has 2 amide bonds. The van der Waals surface area contributed by atoms with Gasteiger partial charge < -0.3 is 55.5 Å². The second kappa shape index (κ2) is 34.1. The summed E-state index contributed by atoms with van der Waals surface area (Å²) in [5.41, 5.74) is -0.395. The Morgan fingerprint density at radius 3 is 1.59 bits per heavy atom. The third kappa shape index (κ3) is 26.1. The van der Waals surface area contributed by atoms with Crippen LogP contribution in [-0.2, 0) is 39.0 Å². The smallest absolute Gasteiger partial charge is 0.748 e. The molecule has 0 aromatic carbocycles. The van der Waals surface area contributed by atoms with Crippen LogP contribution in [-0.4, -0.2) is 135 Å². The average Bonchev–Trinajstić information content (AvgIpc) is 3.09. The molecule has 26 nitrogen and oxygen atoms in total. The van der Waals surface area contributed by atoms with E-state index in [1.165, 1.54) is 9.80 Å². The first-order valence-corrected chi connectivity index (χ1v) is 19.4. The summed E-state index contributed by atoms with van der Waals surface area (Å²) in [7, 11) is -2.56. The summed E-state index contributed by atoms with van der Waals surface area (Å²) in [6.07, 6.45) is 0. The van der Waals surface area contributed by atoms with Gasteiger partial charge in [-0.15, -0.1) is 0 Å². The summed E-state index contributed by atoms with van der Waals surface area (Å²) in [6, 6.07) is 1.75. The van der Waals surface area contributed by atoms with Crippen LogP contribution in [0.4, 0.5) is 29.1 Å². The van der Waals surface area contributed by atoms with Crippen molar-refractivity contribution in [3.63, 3.8) is 0 Å². The Hall–Kier alpha value is -0.440. The molecule has 0 atom stereocenters. The van der Waals surface area contributed by atoms with Crippen molar-refractivity contribution < 1.29 is 183 Å². The van der Waals surface area contributed by atoms with Gasteiger partial charge >= 0.3 is 124 Å². The summed E-state index contributed by atoms with van der Waals surface area (Å²) in [4.78, 5) is 47.3. The topological polar surface area (TPSA) is 366 Å². The first kappa shape index (κ1) is 64.2. The van der Waals surface area contributed by atoms with E-state index in [0.717, 1.165) is 12.0 Å². The molecule has 58 heavy (non-hydrogen) atoms. The average molecular weight is 933 g/mol. The molecule has 0 aliphatic carbocycles. The van der Waals surface area contributed by atoms with Gasteiger partial charge in [-0.2, -0.15) is 13.9 Å². The molecular formula is C24H32N12Na4O14S4. The van der Waals surface area contributed by atoms with Gasteiger partial charge in [-0.3, -0.25) is 19.7 Å². The van der Waals surface area contributed by atoms with E-state index in [-0.39, 0.29) is 196 Å². The maximum Gasteiger partial charge on any atom is 1.00 e. The van der Waals surface area contributed by atoms with Crippen molar-refractivity contribution in [1.29, 1.82) is 5.26 Å². The standard InChI is InChI=1S/C14H24N6O8S2.C10H12N6O6S2.4Na/c1-19(2)11-9(13(21)15-5-7-29-28-27-23)17-12(20(3)4)10(18-11)14(22)16-6-8-30(24,25)26;1-12-9-10(13-2-4-23-22-21-17)15-7(6-11)8(16-9)14-3-5-24(18,19)20;;;;/h23H,5-8H2,1-4H3,(H,15,21)(H,16,22)(H,24,25,26);17H,2-5H2,(H,13,15)(H,14,16)(H,18,19,20);;;;/q;;4*+1/p-4. The van der Waals surface area contributed by atoms with Gasteiger partial charge in [-0.25, -0.2) is 31.8 Å². The number of carbonyl (C=O) groups excluding carboxylic acids is 2. The molecule has 0 spiro atoms. The zero-order valence-electron chi connectivity index (χ0n) is 32.6. The second-order valence-corrected chi connectivity index (χ2v) is 14.6. The molecule has 0 fully saturated rings. The largest absolute Gasteiger partial charge is 1.00 e. The van der Waals surface area contributed by atoms with Crippen molar-refractivity contribution in [3.8, 4) is 6.07 Å². The predicted molar refractivity (Wildman–Crippen MR) is 184 cm³/mol. The summed E-state index contributed by atoms with van der Waals surface area (Å²) >= 11 is 1.43. The Morgan fingerprint density at radius 1 is 0.741 bits per heavy atom. The quantitative estimate of drug-likeness (QED) is 0.0162. The number of carbonyl (C=O) groups is 2. The van der Waals surface area contributed by atoms with Crippen LogP contribution in [0.2, 0.25) is 0 Å². The van der Waals surface area contributed by atoms with E-state index in [2.05, 4.69) is 64.8 Å². The minimum absolute atomic E-state index is 0. The predicted octanol–water partition coefficient (Wildman–Crippen LogP) is -15.4. The van der Waals surface area contributed by atoms with Crippen LogP contribution in [0, 0.1) is 17.9 Å². The first-order valence-electron chi connectivity index (χ1n) is 14.4. The molecule has 2 rings (SSSR count). The second-order valence-electron chi connectivity index (χ2n) is 9.98. The molecule has 2 aromatic heterocycles. The summed E-state index contributed by atoms with van der Waals surface area (Å²) in [5.74, 6) is -2.38. The van der Waals surface area contributed by atoms with Crippen molar-refractivity contribution in [1.82, 2.24) is 30.6 Å². The Labute approximate surface area is 431 Å². The van der Waals surface area contributed by atoms with Crippen LogP contribution in [0.3, 0.4) is 0 Å². The van der Waals surface area contributed by atoms with Crippen molar-refractivity contribution in [3.05, 3.63) is 28.5 Å². The molecule has 0 saturated heterocycles. The molecule has 0 bridgehead atoms. The maximum atomic E-state index is 12.5. The molecular weight excluding hydrogens is 901 g/mol. The van der Waals surface area contributed by atoms with Gasteiger partial charge in [0.2, 0.25) is 5.69 Å². The summed E-state index contributed by atoms with van der Waals surface area (Å²) < 4.78 is 71.9. The number of hydrogen-bond acceptors (Lipinski definition) is 25. The fraction of sp³-hybridized carbons (Fsp3) is 0.500. The van der Waals surface area contributed by atoms with Gasteiger partial charge in [-0.05, 0) is 0 Å². The van der Waals surface area contributed by atoms with E-state index in [9.17, 15) is 46.0 Å². The Morgan fingerprint density at radius 2 is 1.17 bits per heavy atom. The molecule has 300 valence electrons. The van der Waals surface area contributed by atoms with Gasteiger partial charge in [0, 0.05) is 90.0 Å². The minimum atomic E-state index is -4.49. The first-order chi connectivity index (χ1) is 25.4. The van der Waals surface area contributed by atoms with Crippen LogP contribution in [0.25, 0.3) is 4.85 Å². The van der Waals surface area contributed by atoms with E-state index >= 15 is 0 Å². The molecule has 2 heterocycles. The number of rotatable bonds is 22.